The van der Waals surface area contributed by atoms with Crippen LogP contribution in [0.15, 0.2) is 29.6 Å². The van der Waals surface area contributed by atoms with E-state index in [0.29, 0.717) is 10.7 Å². The van der Waals surface area contributed by atoms with E-state index in [4.69, 9.17) is 16.3 Å². The van der Waals surface area contributed by atoms with Crippen molar-refractivity contribution in [3.8, 4) is 10.6 Å². The van der Waals surface area contributed by atoms with Crippen LogP contribution in [0, 0.1) is 0 Å². The van der Waals surface area contributed by atoms with Gasteiger partial charge in [0.15, 0.2) is 6.61 Å². The van der Waals surface area contributed by atoms with Gasteiger partial charge in [-0.05, 0) is 12.1 Å². The number of aromatic nitrogens is 1. The summed E-state index contributed by atoms with van der Waals surface area (Å²) in [5.74, 6) is -1.31. The van der Waals surface area contributed by atoms with Crippen LogP contribution in [0.25, 0.3) is 10.6 Å². The lowest BCUT2D eigenvalue weighted by Gasteiger charge is -2.15. The Kier molecular flexibility index (Phi) is 7.11. The summed E-state index contributed by atoms with van der Waals surface area (Å²) in [6, 6.07) is 7.24. The number of hydrogen-bond acceptors (Lipinski definition) is 6. The van der Waals surface area contributed by atoms with Crippen molar-refractivity contribution in [1.29, 1.82) is 0 Å². The highest BCUT2D eigenvalue weighted by Gasteiger charge is 2.15. The highest BCUT2D eigenvalue weighted by Crippen LogP contribution is 2.25. The lowest BCUT2D eigenvalue weighted by Crippen LogP contribution is -2.39. The number of ether oxygens (including phenoxy) is 1. The van der Waals surface area contributed by atoms with Crippen molar-refractivity contribution in [3.63, 3.8) is 0 Å². The van der Waals surface area contributed by atoms with Crippen LogP contribution < -0.4 is 5.32 Å². The second-order valence-electron chi connectivity index (χ2n) is 5.41. The second-order valence-corrected chi connectivity index (χ2v) is 6.71. The highest BCUT2D eigenvalue weighted by atomic mass is 35.5. The van der Waals surface area contributed by atoms with Crippen molar-refractivity contribution in [2.75, 3.05) is 27.2 Å². The average molecular weight is 396 g/mol. The Morgan fingerprint density at radius 1 is 1.27 bits per heavy atom. The Labute approximate surface area is 159 Å². The summed E-state index contributed by atoms with van der Waals surface area (Å²) in [5, 5.41) is 5.59. The largest absolute Gasteiger partial charge is 0.455 e. The van der Waals surface area contributed by atoms with Gasteiger partial charge in [0.2, 0.25) is 5.91 Å². The Balaban J connectivity index is 1.84. The van der Waals surface area contributed by atoms with E-state index in [1.807, 2.05) is 12.1 Å². The van der Waals surface area contributed by atoms with Gasteiger partial charge < -0.3 is 15.0 Å². The first kappa shape index (κ1) is 19.9. The number of thiazole rings is 1. The van der Waals surface area contributed by atoms with E-state index < -0.39 is 18.5 Å². The Hall–Kier alpha value is -2.45. The molecule has 2 aromatic rings. The number of esters is 1. The molecule has 138 valence electrons. The molecule has 0 radical (unpaired) electrons. The van der Waals surface area contributed by atoms with Gasteiger partial charge >= 0.3 is 5.97 Å². The van der Waals surface area contributed by atoms with Crippen LogP contribution in [0.4, 0.5) is 0 Å². The van der Waals surface area contributed by atoms with Crippen molar-refractivity contribution in [1.82, 2.24) is 15.2 Å². The molecule has 1 N–H and O–H groups in total. The van der Waals surface area contributed by atoms with E-state index in [1.54, 1.807) is 17.5 Å². The van der Waals surface area contributed by atoms with E-state index in [9.17, 15) is 14.4 Å². The van der Waals surface area contributed by atoms with Crippen molar-refractivity contribution in [2.45, 2.75) is 6.42 Å². The normalized spacial score (nSPS) is 10.3. The molecule has 0 bridgehead atoms. The van der Waals surface area contributed by atoms with Gasteiger partial charge in [-0.2, -0.15) is 0 Å². The highest BCUT2D eigenvalue weighted by molar-refractivity contribution is 7.13. The van der Waals surface area contributed by atoms with Crippen molar-refractivity contribution >= 4 is 40.7 Å². The van der Waals surface area contributed by atoms with Crippen LogP contribution in [0.2, 0.25) is 5.02 Å². The van der Waals surface area contributed by atoms with Crippen LogP contribution >= 0.6 is 22.9 Å². The third kappa shape index (κ3) is 5.82. The van der Waals surface area contributed by atoms with Gasteiger partial charge in [0.25, 0.3) is 5.91 Å². The minimum Gasteiger partial charge on any atom is -0.455 e. The molecule has 0 saturated carbocycles. The number of nitrogens with zero attached hydrogens (tertiary/aromatic N) is 2. The molecule has 26 heavy (non-hydrogen) atoms. The molecule has 1 aromatic carbocycles. The molecule has 1 aromatic heterocycles. The Morgan fingerprint density at radius 2 is 1.96 bits per heavy atom. The molecule has 0 aliphatic heterocycles. The van der Waals surface area contributed by atoms with Crippen LogP contribution in [0.1, 0.15) is 5.69 Å². The minimum atomic E-state index is -0.556. The monoisotopic (exact) mass is 395 g/mol. The standard InChI is InChI=1S/C17H18ClN3O4S/c1-19-14(22)8-21(2)15(23)9-25-16(24)7-13-10-26-17(20-13)11-3-5-12(18)6-4-11/h3-6,10H,7-9H2,1-2H3,(H,19,22). The molecule has 0 aliphatic carbocycles. The van der Waals surface area contributed by atoms with E-state index >= 15 is 0 Å². The van der Waals surface area contributed by atoms with Gasteiger partial charge in [-0.25, -0.2) is 4.98 Å². The van der Waals surface area contributed by atoms with Crippen molar-refractivity contribution in [2.24, 2.45) is 0 Å². The molecule has 2 rings (SSSR count). The van der Waals surface area contributed by atoms with E-state index in [-0.39, 0.29) is 18.9 Å². The number of likely N-dealkylation sites (N-methyl/N-ethyl adjacent to an activating group) is 2. The maximum absolute atomic E-state index is 11.9. The molecule has 9 heteroatoms. The first-order valence-corrected chi connectivity index (χ1v) is 8.95. The summed E-state index contributed by atoms with van der Waals surface area (Å²) < 4.78 is 4.96. The maximum atomic E-state index is 11.9. The van der Waals surface area contributed by atoms with Gasteiger partial charge in [-0.1, -0.05) is 23.7 Å². The molecule has 0 spiro atoms. The fraction of sp³-hybridized carbons (Fsp3) is 0.294. The molecule has 1 heterocycles. The molecule has 0 saturated heterocycles. The molecule has 0 aliphatic rings. The number of carbonyl (C=O) groups excluding carboxylic acids is 3. The van der Waals surface area contributed by atoms with Crippen LogP contribution in [0.3, 0.4) is 0 Å². The third-order valence-electron chi connectivity index (χ3n) is 3.41. The molecule has 0 atom stereocenters. The number of nitrogens with one attached hydrogen (secondary N) is 1. The van der Waals surface area contributed by atoms with Crippen molar-refractivity contribution in [3.05, 3.63) is 40.4 Å². The van der Waals surface area contributed by atoms with Crippen LogP contribution in [0.5, 0.6) is 0 Å². The van der Waals surface area contributed by atoms with Crippen LogP contribution in [-0.2, 0) is 25.5 Å². The molecule has 7 nitrogen and oxygen atoms in total. The molecule has 0 fully saturated rings. The maximum Gasteiger partial charge on any atom is 0.312 e. The average Bonchev–Trinajstić information content (AvgIpc) is 3.08. The lowest BCUT2D eigenvalue weighted by molar-refractivity contribution is -0.151. The number of hydrogen-bond donors (Lipinski definition) is 1. The molecule has 0 unspecified atom stereocenters. The predicted octanol–water partition coefficient (Wildman–Crippen LogP) is 1.75. The van der Waals surface area contributed by atoms with Gasteiger partial charge in [-0.3, -0.25) is 14.4 Å². The summed E-state index contributed by atoms with van der Waals surface area (Å²) in [4.78, 5) is 40.5. The number of rotatable bonds is 7. The Bertz CT molecular complexity index is 792. The summed E-state index contributed by atoms with van der Waals surface area (Å²) in [6.07, 6.45) is -0.0312. The zero-order chi connectivity index (χ0) is 19.1. The fourth-order valence-electron chi connectivity index (χ4n) is 1.95. The quantitative estimate of drug-likeness (QED) is 0.721. The first-order valence-electron chi connectivity index (χ1n) is 7.69. The fourth-order valence-corrected chi connectivity index (χ4v) is 2.90. The van der Waals surface area contributed by atoms with Crippen molar-refractivity contribution < 1.29 is 19.1 Å². The summed E-state index contributed by atoms with van der Waals surface area (Å²) in [5.41, 5.74) is 1.47. The van der Waals surface area contributed by atoms with Gasteiger partial charge in [0.1, 0.15) is 5.01 Å². The smallest absolute Gasteiger partial charge is 0.312 e. The first-order chi connectivity index (χ1) is 12.4. The SMILES string of the molecule is CNC(=O)CN(C)C(=O)COC(=O)Cc1csc(-c2ccc(Cl)cc2)n1. The molecule has 2 amide bonds. The zero-order valence-electron chi connectivity index (χ0n) is 14.3. The number of halogens is 1. The van der Waals surface area contributed by atoms with Gasteiger partial charge in [0, 0.05) is 30.1 Å². The summed E-state index contributed by atoms with van der Waals surface area (Å²) in [6.45, 7) is -0.510. The predicted molar refractivity (Wildman–Crippen MR) is 98.9 cm³/mol. The summed E-state index contributed by atoms with van der Waals surface area (Å²) in [7, 11) is 2.94. The third-order valence-corrected chi connectivity index (χ3v) is 4.60. The molecular formula is C17H18ClN3O4S. The topological polar surface area (TPSA) is 88.6 Å². The van der Waals surface area contributed by atoms with Crippen LogP contribution in [-0.4, -0.2) is 54.9 Å². The minimum absolute atomic E-state index is 0.0312. The van der Waals surface area contributed by atoms with E-state index in [1.165, 1.54) is 30.3 Å². The molecular weight excluding hydrogens is 378 g/mol. The number of carbonyl (C=O) groups is 3. The van der Waals surface area contributed by atoms with E-state index in [0.717, 1.165) is 10.6 Å². The lowest BCUT2D eigenvalue weighted by atomic mass is 10.2. The Morgan fingerprint density at radius 3 is 2.62 bits per heavy atom. The van der Waals surface area contributed by atoms with E-state index in [2.05, 4.69) is 10.3 Å². The second kappa shape index (κ2) is 9.30. The van der Waals surface area contributed by atoms with Gasteiger partial charge in [-0.15, -0.1) is 11.3 Å². The van der Waals surface area contributed by atoms with Gasteiger partial charge in [0.05, 0.1) is 18.7 Å². The zero-order valence-corrected chi connectivity index (χ0v) is 15.9. The number of benzene rings is 1. The summed E-state index contributed by atoms with van der Waals surface area (Å²) >= 11 is 7.27. The number of amides is 2.